The van der Waals surface area contributed by atoms with E-state index in [1.165, 1.54) is 6.92 Å². The van der Waals surface area contributed by atoms with Crippen LogP contribution in [0.1, 0.15) is 20.8 Å². The van der Waals surface area contributed by atoms with Gasteiger partial charge in [0.1, 0.15) is 0 Å². The number of carbonyl (C=O) groups is 1. The minimum absolute atomic E-state index is 0.00120. The van der Waals surface area contributed by atoms with E-state index in [9.17, 15) is 4.79 Å². The van der Waals surface area contributed by atoms with Crippen molar-refractivity contribution in [3.8, 4) is 0 Å². The summed E-state index contributed by atoms with van der Waals surface area (Å²) in [5.41, 5.74) is 0. The van der Waals surface area contributed by atoms with E-state index < -0.39 is 0 Å². The predicted octanol–water partition coefficient (Wildman–Crippen LogP) is 0.940. The highest BCUT2D eigenvalue weighted by atomic mass is 16.1. The molecule has 0 rings (SSSR count). The number of carbonyl (C=O) groups excluding carboxylic acids is 1. The molecule has 0 heterocycles. The van der Waals surface area contributed by atoms with Crippen LogP contribution in [0.5, 0.6) is 0 Å². The molecule has 2 nitrogen and oxygen atoms in total. The topological polar surface area (TPSA) is 29.1 Å². The Morgan fingerprint density at radius 3 is 2.25 bits per heavy atom. The molecule has 1 amide bonds. The lowest BCUT2D eigenvalue weighted by Crippen LogP contribution is -2.18. The molecule has 0 bridgehead atoms. The molecule has 0 aromatic heterocycles. The Bertz CT molecular complexity index is 78.6. The van der Waals surface area contributed by atoms with Crippen molar-refractivity contribution in [3.05, 3.63) is 6.54 Å². The third kappa shape index (κ3) is 5.47. The first-order chi connectivity index (χ1) is 3.63. The number of rotatable bonds is 2. The Labute approximate surface area is 50.3 Å². The van der Waals surface area contributed by atoms with E-state index in [4.69, 9.17) is 0 Å². The fourth-order valence-corrected chi connectivity index (χ4v) is 0.284. The van der Waals surface area contributed by atoms with Crippen LogP contribution in [0.15, 0.2) is 0 Å². The lowest BCUT2D eigenvalue weighted by atomic mass is 10.2. The Hall–Kier alpha value is -0.530. The van der Waals surface area contributed by atoms with Gasteiger partial charge in [-0.3, -0.25) is 4.79 Å². The number of hydrogen-bond acceptors (Lipinski definition) is 1. The summed E-state index contributed by atoms with van der Waals surface area (Å²) < 4.78 is 0. The van der Waals surface area contributed by atoms with Crippen LogP contribution in [0.2, 0.25) is 0 Å². The molecule has 0 aliphatic heterocycles. The van der Waals surface area contributed by atoms with Crippen molar-refractivity contribution in [1.29, 1.82) is 0 Å². The average Bonchev–Trinajstić information content (AvgIpc) is 1.61. The molecule has 0 fully saturated rings. The maximum Gasteiger partial charge on any atom is 0.217 e. The van der Waals surface area contributed by atoms with Gasteiger partial charge in [-0.25, -0.2) is 0 Å². The lowest BCUT2D eigenvalue weighted by molar-refractivity contribution is -0.118. The Balaban J connectivity index is 3.05. The monoisotopic (exact) mass is 114 g/mol. The third-order valence-electron chi connectivity index (χ3n) is 0.620. The van der Waals surface area contributed by atoms with Crippen molar-refractivity contribution in [3.63, 3.8) is 0 Å². The van der Waals surface area contributed by atoms with Crippen LogP contribution in [0.3, 0.4) is 0 Å². The Morgan fingerprint density at radius 2 is 2.12 bits per heavy atom. The second kappa shape index (κ2) is 3.47. The normalized spacial score (nSPS) is 9.50. The molecule has 2 heteroatoms. The smallest absolute Gasteiger partial charge is 0.217 e. The fraction of sp³-hybridized carbons (Fsp3) is 0.667. The van der Waals surface area contributed by atoms with E-state index in [1.54, 1.807) is 6.54 Å². The molecule has 0 saturated heterocycles. The fourth-order valence-electron chi connectivity index (χ4n) is 0.284. The van der Waals surface area contributed by atoms with Gasteiger partial charge in [0.15, 0.2) is 0 Å². The third-order valence-corrected chi connectivity index (χ3v) is 0.620. The van der Waals surface area contributed by atoms with Gasteiger partial charge in [0.25, 0.3) is 0 Å². The van der Waals surface area contributed by atoms with E-state index >= 15 is 0 Å². The van der Waals surface area contributed by atoms with Crippen molar-refractivity contribution >= 4 is 5.91 Å². The summed E-state index contributed by atoms with van der Waals surface area (Å²) in [7, 11) is 0. The van der Waals surface area contributed by atoms with Gasteiger partial charge in [0.05, 0.1) is 6.54 Å². The molecule has 0 aliphatic rings. The molecule has 0 aromatic carbocycles. The molecule has 0 aliphatic carbocycles. The summed E-state index contributed by atoms with van der Waals surface area (Å²) in [4.78, 5) is 10.2. The maximum atomic E-state index is 10.2. The molecule has 8 heavy (non-hydrogen) atoms. The zero-order valence-corrected chi connectivity index (χ0v) is 5.56. The van der Waals surface area contributed by atoms with Crippen molar-refractivity contribution in [2.75, 3.05) is 0 Å². The molecule has 0 unspecified atom stereocenters. The van der Waals surface area contributed by atoms with Crippen molar-refractivity contribution in [1.82, 2.24) is 5.32 Å². The molecule has 1 radical (unpaired) electrons. The lowest BCUT2D eigenvalue weighted by Gasteiger charge is -2.01. The standard InChI is InChI=1S/C6H12NO/c1-5(2)4-7-6(3)8/h4-5H,1-3H3,(H,7,8). The van der Waals surface area contributed by atoms with Crippen LogP contribution < -0.4 is 5.32 Å². The summed E-state index contributed by atoms with van der Waals surface area (Å²) in [5, 5.41) is 2.58. The maximum absolute atomic E-state index is 10.2. The van der Waals surface area contributed by atoms with Gasteiger partial charge < -0.3 is 5.32 Å². The molecule has 0 saturated carbocycles. The van der Waals surface area contributed by atoms with Crippen molar-refractivity contribution in [2.24, 2.45) is 5.92 Å². The van der Waals surface area contributed by atoms with Crippen LogP contribution in [0.4, 0.5) is 0 Å². The quantitative estimate of drug-likeness (QED) is 0.568. The predicted molar refractivity (Wildman–Crippen MR) is 33.0 cm³/mol. The molecule has 0 aromatic rings. The average molecular weight is 114 g/mol. The van der Waals surface area contributed by atoms with Gasteiger partial charge in [-0.05, 0) is 5.92 Å². The van der Waals surface area contributed by atoms with Gasteiger partial charge in [-0.2, -0.15) is 0 Å². The summed E-state index contributed by atoms with van der Waals surface area (Å²) in [5.74, 6) is 0.428. The SMILES string of the molecule is CC(=O)N[CH]C(C)C. The van der Waals surface area contributed by atoms with Gasteiger partial charge >= 0.3 is 0 Å². The number of nitrogens with one attached hydrogen (secondary N) is 1. The summed E-state index contributed by atoms with van der Waals surface area (Å²) in [6.07, 6.45) is 0. The molecule has 0 atom stereocenters. The van der Waals surface area contributed by atoms with Crippen LogP contribution in [-0.4, -0.2) is 5.91 Å². The molecule has 1 N–H and O–H groups in total. The minimum Gasteiger partial charge on any atom is -0.351 e. The zero-order valence-electron chi connectivity index (χ0n) is 5.56. The highest BCUT2D eigenvalue weighted by molar-refractivity contribution is 5.73. The summed E-state index contributed by atoms with van der Waals surface area (Å²) in [6, 6.07) is 0. The van der Waals surface area contributed by atoms with E-state index in [0.717, 1.165) is 0 Å². The highest BCUT2D eigenvalue weighted by Crippen LogP contribution is 1.91. The molecule has 47 valence electrons. The van der Waals surface area contributed by atoms with E-state index in [0.29, 0.717) is 5.92 Å². The van der Waals surface area contributed by atoms with Gasteiger partial charge in [-0.1, -0.05) is 13.8 Å². The van der Waals surface area contributed by atoms with Crippen LogP contribution >= 0.6 is 0 Å². The van der Waals surface area contributed by atoms with Gasteiger partial charge in [0, 0.05) is 6.92 Å². The number of amides is 1. The zero-order chi connectivity index (χ0) is 6.57. The minimum atomic E-state index is -0.00120. The molecular weight excluding hydrogens is 102 g/mol. The van der Waals surface area contributed by atoms with Crippen LogP contribution in [0, 0.1) is 12.5 Å². The molecular formula is C6H12NO. The first-order valence-electron chi connectivity index (χ1n) is 2.73. The van der Waals surface area contributed by atoms with E-state index in [-0.39, 0.29) is 5.91 Å². The van der Waals surface area contributed by atoms with E-state index in [2.05, 4.69) is 5.32 Å². The Kier molecular flexibility index (Phi) is 3.24. The summed E-state index contributed by atoms with van der Waals surface area (Å²) >= 11 is 0. The number of hydrogen-bond donors (Lipinski definition) is 1. The first-order valence-corrected chi connectivity index (χ1v) is 2.73. The molecule has 0 spiro atoms. The first kappa shape index (κ1) is 7.47. The van der Waals surface area contributed by atoms with Crippen molar-refractivity contribution < 1.29 is 4.79 Å². The van der Waals surface area contributed by atoms with E-state index in [1.807, 2.05) is 13.8 Å². The van der Waals surface area contributed by atoms with Gasteiger partial charge in [0.2, 0.25) is 5.91 Å². The van der Waals surface area contributed by atoms with Crippen LogP contribution in [0.25, 0.3) is 0 Å². The van der Waals surface area contributed by atoms with Crippen LogP contribution in [-0.2, 0) is 4.79 Å². The second-order valence-electron chi connectivity index (χ2n) is 2.11. The van der Waals surface area contributed by atoms with Crippen molar-refractivity contribution in [2.45, 2.75) is 20.8 Å². The highest BCUT2D eigenvalue weighted by Gasteiger charge is 1.93. The van der Waals surface area contributed by atoms with Gasteiger partial charge in [-0.15, -0.1) is 0 Å². The second-order valence-corrected chi connectivity index (χ2v) is 2.11. The summed E-state index contributed by atoms with van der Waals surface area (Å²) in [6.45, 7) is 7.28. The largest absolute Gasteiger partial charge is 0.351 e. The Morgan fingerprint density at radius 1 is 1.62 bits per heavy atom.